The zero-order valence-electron chi connectivity index (χ0n) is 18.0. The molecule has 0 saturated carbocycles. The maximum atomic E-state index is 12.7. The van der Waals surface area contributed by atoms with E-state index in [4.69, 9.17) is 27.9 Å². The SMILES string of the molecule is O=C(/C=C/c1ccc(Cl)cc1Cl)N1CCC2(C=Cc3cc(-c4ccccc4)ccc3O2)CC1. The second-order valence-corrected chi connectivity index (χ2v) is 9.29. The van der Waals surface area contributed by atoms with E-state index in [1.807, 2.05) is 23.1 Å². The van der Waals surface area contributed by atoms with Crippen LogP contribution in [0.4, 0.5) is 0 Å². The summed E-state index contributed by atoms with van der Waals surface area (Å²) in [6, 6.07) is 21.9. The van der Waals surface area contributed by atoms with Crippen LogP contribution >= 0.6 is 23.2 Å². The highest BCUT2D eigenvalue weighted by molar-refractivity contribution is 6.35. The lowest BCUT2D eigenvalue weighted by Gasteiger charge is -2.41. The molecule has 1 saturated heterocycles. The number of piperidine rings is 1. The van der Waals surface area contributed by atoms with E-state index in [1.54, 1.807) is 30.4 Å². The van der Waals surface area contributed by atoms with Crippen molar-refractivity contribution >= 4 is 41.3 Å². The summed E-state index contributed by atoms with van der Waals surface area (Å²) in [6.07, 6.45) is 9.14. The van der Waals surface area contributed by atoms with Gasteiger partial charge in [-0.15, -0.1) is 0 Å². The van der Waals surface area contributed by atoms with Gasteiger partial charge in [-0.2, -0.15) is 0 Å². The summed E-state index contributed by atoms with van der Waals surface area (Å²) in [5.74, 6) is 0.873. The second kappa shape index (κ2) is 9.09. The number of likely N-dealkylation sites (tertiary alicyclic amines) is 1. The molecule has 3 aromatic carbocycles. The van der Waals surface area contributed by atoms with E-state index in [0.717, 1.165) is 29.7 Å². The molecule has 0 atom stereocenters. The van der Waals surface area contributed by atoms with Gasteiger partial charge >= 0.3 is 0 Å². The summed E-state index contributed by atoms with van der Waals surface area (Å²) in [5, 5.41) is 1.10. The number of nitrogens with zero attached hydrogens (tertiary/aromatic N) is 1. The molecule has 0 unspecified atom stereocenters. The highest BCUT2D eigenvalue weighted by Crippen LogP contribution is 2.39. The van der Waals surface area contributed by atoms with Crippen LogP contribution in [0.3, 0.4) is 0 Å². The van der Waals surface area contributed by atoms with Crippen molar-refractivity contribution in [2.45, 2.75) is 18.4 Å². The standard InChI is InChI=1S/C28H23Cl2NO2/c29-24-9-6-21(25(30)19-24)8-11-27(32)31-16-14-28(15-17-31)13-12-23-18-22(7-10-26(23)33-28)20-4-2-1-3-5-20/h1-13,18-19H,14-17H2/b11-8+. The number of carbonyl (C=O) groups excluding carboxylic acids is 1. The van der Waals surface area contributed by atoms with Crippen LogP contribution < -0.4 is 4.74 Å². The predicted molar refractivity (Wildman–Crippen MR) is 136 cm³/mol. The maximum Gasteiger partial charge on any atom is 0.246 e. The van der Waals surface area contributed by atoms with E-state index in [0.29, 0.717) is 23.1 Å². The smallest absolute Gasteiger partial charge is 0.246 e. The van der Waals surface area contributed by atoms with Gasteiger partial charge in [-0.3, -0.25) is 4.79 Å². The van der Waals surface area contributed by atoms with Crippen molar-refractivity contribution in [3.05, 3.63) is 100 Å². The van der Waals surface area contributed by atoms with Crippen molar-refractivity contribution < 1.29 is 9.53 Å². The summed E-state index contributed by atoms with van der Waals surface area (Å²) in [6.45, 7) is 1.28. The highest BCUT2D eigenvalue weighted by atomic mass is 35.5. The van der Waals surface area contributed by atoms with E-state index in [1.165, 1.54) is 11.1 Å². The Bertz CT molecular complexity index is 1240. The van der Waals surface area contributed by atoms with Gasteiger partial charge in [0.2, 0.25) is 5.91 Å². The fraction of sp³-hybridized carbons (Fsp3) is 0.179. The van der Waals surface area contributed by atoms with Crippen molar-refractivity contribution in [3.63, 3.8) is 0 Å². The van der Waals surface area contributed by atoms with Crippen molar-refractivity contribution in [1.29, 1.82) is 0 Å². The fourth-order valence-electron chi connectivity index (χ4n) is 4.35. The Morgan fingerprint density at radius 1 is 0.939 bits per heavy atom. The largest absolute Gasteiger partial charge is 0.482 e. The van der Waals surface area contributed by atoms with Crippen LogP contribution in [0.5, 0.6) is 5.75 Å². The van der Waals surface area contributed by atoms with Gasteiger partial charge in [0.15, 0.2) is 0 Å². The lowest BCUT2D eigenvalue weighted by molar-refractivity contribution is -0.128. The average molecular weight is 476 g/mol. The van der Waals surface area contributed by atoms with Gasteiger partial charge in [0, 0.05) is 47.6 Å². The zero-order valence-corrected chi connectivity index (χ0v) is 19.5. The Kier molecular flexibility index (Phi) is 6.01. The third kappa shape index (κ3) is 4.71. The molecule has 5 rings (SSSR count). The van der Waals surface area contributed by atoms with E-state index in [-0.39, 0.29) is 11.5 Å². The van der Waals surface area contributed by atoms with Crippen molar-refractivity contribution in [1.82, 2.24) is 4.90 Å². The zero-order chi connectivity index (χ0) is 22.8. The van der Waals surface area contributed by atoms with Crippen LogP contribution in [0.15, 0.2) is 78.9 Å². The van der Waals surface area contributed by atoms with Crippen LogP contribution in [0.2, 0.25) is 10.0 Å². The molecular formula is C28H23Cl2NO2. The molecule has 1 spiro atoms. The molecule has 3 nitrogen and oxygen atoms in total. The van der Waals surface area contributed by atoms with Crippen LogP contribution in [-0.4, -0.2) is 29.5 Å². The van der Waals surface area contributed by atoms with Gasteiger partial charge in [-0.05, 0) is 53.1 Å². The monoisotopic (exact) mass is 475 g/mol. The number of carbonyl (C=O) groups is 1. The van der Waals surface area contributed by atoms with Gasteiger partial charge in [0.05, 0.1) is 0 Å². The lowest BCUT2D eigenvalue weighted by Crippen LogP contribution is -2.49. The third-order valence-corrected chi connectivity index (χ3v) is 6.85. The topological polar surface area (TPSA) is 29.5 Å². The molecule has 0 aliphatic carbocycles. The Morgan fingerprint density at radius 3 is 2.48 bits per heavy atom. The van der Waals surface area contributed by atoms with Crippen molar-refractivity contribution in [2.75, 3.05) is 13.1 Å². The Morgan fingerprint density at radius 2 is 1.73 bits per heavy atom. The molecule has 1 fully saturated rings. The summed E-state index contributed by atoms with van der Waals surface area (Å²) in [4.78, 5) is 14.6. The molecule has 2 aliphatic rings. The van der Waals surface area contributed by atoms with E-state index in [9.17, 15) is 4.79 Å². The molecule has 0 radical (unpaired) electrons. The molecular weight excluding hydrogens is 453 g/mol. The molecule has 0 bridgehead atoms. The van der Waals surface area contributed by atoms with Crippen molar-refractivity contribution in [3.8, 4) is 16.9 Å². The number of ether oxygens (including phenoxy) is 1. The molecule has 33 heavy (non-hydrogen) atoms. The highest BCUT2D eigenvalue weighted by Gasteiger charge is 2.37. The molecule has 1 amide bonds. The maximum absolute atomic E-state index is 12.7. The molecule has 166 valence electrons. The minimum atomic E-state index is -0.360. The van der Waals surface area contributed by atoms with Crippen LogP contribution in [0.1, 0.15) is 24.0 Å². The molecule has 5 heteroatoms. The summed E-state index contributed by atoms with van der Waals surface area (Å²) in [7, 11) is 0. The molecule has 2 heterocycles. The molecule has 0 aromatic heterocycles. The molecule has 2 aliphatic heterocycles. The van der Waals surface area contributed by atoms with E-state index >= 15 is 0 Å². The van der Waals surface area contributed by atoms with Crippen LogP contribution in [-0.2, 0) is 4.79 Å². The fourth-order valence-corrected chi connectivity index (χ4v) is 4.83. The number of halogens is 2. The number of rotatable bonds is 3. The third-order valence-electron chi connectivity index (χ3n) is 6.29. The first kappa shape index (κ1) is 21.8. The van der Waals surface area contributed by atoms with Crippen LogP contribution in [0.25, 0.3) is 23.3 Å². The summed E-state index contributed by atoms with van der Waals surface area (Å²) in [5.41, 5.74) is 3.86. The van der Waals surface area contributed by atoms with Crippen LogP contribution in [0, 0.1) is 0 Å². The van der Waals surface area contributed by atoms with E-state index < -0.39 is 0 Å². The Labute approximate surface area is 203 Å². The molecule has 3 aromatic rings. The number of hydrogen-bond donors (Lipinski definition) is 0. The number of fused-ring (bicyclic) bond motifs is 1. The first-order valence-electron chi connectivity index (χ1n) is 11.0. The summed E-state index contributed by atoms with van der Waals surface area (Å²) < 4.78 is 6.46. The minimum absolute atomic E-state index is 0.0245. The number of amides is 1. The van der Waals surface area contributed by atoms with Crippen molar-refractivity contribution in [2.24, 2.45) is 0 Å². The van der Waals surface area contributed by atoms with Gasteiger partial charge in [-0.1, -0.05) is 71.7 Å². The lowest BCUT2D eigenvalue weighted by atomic mass is 9.87. The van der Waals surface area contributed by atoms with Gasteiger partial charge in [0.1, 0.15) is 11.4 Å². The summed E-state index contributed by atoms with van der Waals surface area (Å²) >= 11 is 12.1. The van der Waals surface area contributed by atoms with E-state index in [2.05, 4.69) is 42.5 Å². The first-order valence-corrected chi connectivity index (χ1v) is 11.8. The molecule has 0 N–H and O–H groups in total. The Hall–Kier alpha value is -3.01. The van der Waals surface area contributed by atoms with Gasteiger partial charge in [0.25, 0.3) is 0 Å². The van der Waals surface area contributed by atoms with Gasteiger partial charge in [-0.25, -0.2) is 0 Å². The number of benzene rings is 3. The average Bonchev–Trinajstić information content (AvgIpc) is 2.84. The second-order valence-electron chi connectivity index (χ2n) is 8.44. The Balaban J connectivity index is 1.24. The first-order chi connectivity index (χ1) is 16.0. The quantitative estimate of drug-likeness (QED) is 0.376. The normalized spacial score (nSPS) is 16.6. The van der Waals surface area contributed by atoms with Gasteiger partial charge < -0.3 is 9.64 Å². The number of hydrogen-bond acceptors (Lipinski definition) is 2. The minimum Gasteiger partial charge on any atom is -0.482 e. The predicted octanol–water partition coefficient (Wildman–Crippen LogP) is 7.14.